The number of rotatable bonds is 7. The molecule has 1 fully saturated rings. The van der Waals surface area contributed by atoms with E-state index < -0.39 is 0 Å². The summed E-state index contributed by atoms with van der Waals surface area (Å²) in [4.78, 5) is 33.6. The fourth-order valence-corrected chi connectivity index (χ4v) is 5.56. The number of thioether (sulfide) groups is 1. The molecular formula is C28H24N4O2S2. The van der Waals surface area contributed by atoms with Crippen LogP contribution in [0.15, 0.2) is 94.8 Å². The van der Waals surface area contributed by atoms with Gasteiger partial charge in [0.05, 0.1) is 16.5 Å². The molecule has 1 atom stereocenters. The molecule has 0 radical (unpaired) electrons. The zero-order valence-electron chi connectivity index (χ0n) is 19.6. The summed E-state index contributed by atoms with van der Waals surface area (Å²) in [5.74, 6) is 0.234. The Morgan fingerprint density at radius 3 is 2.44 bits per heavy atom. The number of pyridine rings is 1. The number of nitrogens with one attached hydrogen (secondary N) is 1. The van der Waals surface area contributed by atoms with Crippen molar-refractivity contribution >= 4 is 51.7 Å². The number of carbonyl (C=O) groups excluding carboxylic acids is 1. The third-order valence-electron chi connectivity index (χ3n) is 6.09. The molecule has 1 aliphatic heterocycles. The number of benzene rings is 2. The molecule has 0 saturated carbocycles. The molecule has 8 heteroatoms. The summed E-state index contributed by atoms with van der Waals surface area (Å²) in [6, 6.07) is 25.1. The Bertz CT molecular complexity index is 1520. The lowest BCUT2D eigenvalue weighted by Crippen LogP contribution is -2.31. The first-order valence-corrected chi connectivity index (χ1v) is 12.9. The van der Waals surface area contributed by atoms with Crippen LogP contribution in [0.1, 0.15) is 29.7 Å². The van der Waals surface area contributed by atoms with Crippen LogP contribution in [0.3, 0.4) is 0 Å². The van der Waals surface area contributed by atoms with Gasteiger partial charge in [-0.2, -0.15) is 0 Å². The van der Waals surface area contributed by atoms with Crippen LogP contribution < -0.4 is 10.9 Å². The topological polar surface area (TPSA) is 66.7 Å². The highest BCUT2D eigenvalue weighted by molar-refractivity contribution is 8.26. The van der Waals surface area contributed by atoms with Crippen LogP contribution >= 0.6 is 24.0 Å². The summed E-state index contributed by atoms with van der Waals surface area (Å²) < 4.78 is 1.96. The van der Waals surface area contributed by atoms with Crippen LogP contribution in [0.5, 0.6) is 0 Å². The number of thiocarbonyl (C=S) groups is 1. The Morgan fingerprint density at radius 1 is 1.00 bits per heavy atom. The van der Waals surface area contributed by atoms with Gasteiger partial charge in [-0.25, -0.2) is 4.98 Å². The zero-order chi connectivity index (χ0) is 25.1. The first kappa shape index (κ1) is 24.0. The van der Waals surface area contributed by atoms with Gasteiger partial charge in [-0.3, -0.25) is 18.9 Å². The van der Waals surface area contributed by atoms with Gasteiger partial charge < -0.3 is 5.32 Å². The maximum absolute atomic E-state index is 13.5. The lowest BCUT2D eigenvalue weighted by molar-refractivity contribution is -0.123. The zero-order valence-corrected chi connectivity index (χ0v) is 21.3. The number of anilines is 1. The van der Waals surface area contributed by atoms with Crippen molar-refractivity contribution < 1.29 is 4.79 Å². The maximum atomic E-state index is 13.5. The summed E-state index contributed by atoms with van der Waals surface area (Å²) in [5, 5.41) is 3.32. The second-order valence-corrected chi connectivity index (χ2v) is 10.1. The standard InChI is InChI=1S/C28H24N4O2S2/c1-19(21-12-6-3-7-13-21)32-27(34)23(36-28(32)35)18-22-25(29-16-15-20-10-4-2-5-11-20)30-24-14-8-9-17-31(24)26(22)33/h2-14,17-19,29H,15-16H2,1H3/b23-18-. The van der Waals surface area contributed by atoms with E-state index in [-0.39, 0.29) is 17.5 Å². The summed E-state index contributed by atoms with van der Waals surface area (Å²) in [5.41, 5.74) is 2.79. The summed E-state index contributed by atoms with van der Waals surface area (Å²) >= 11 is 6.77. The van der Waals surface area contributed by atoms with E-state index in [1.165, 1.54) is 21.7 Å². The second kappa shape index (κ2) is 10.5. The smallest absolute Gasteiger partial charge is 0.267 e. The minimum Gasteiger partial charge on any atom is -0.369 e. The quantitative estimate of drug-likeness (QED) is 0.267. The van der Waals surface area contributed by atoms with E-state index in [1.807, 2.05) is 61.5 Å². The van der Waals surface area contributed by atoms with E-state index in [9.17, 15) is 9.59 Å². The Hall–Kier alpha value is -3.75. The first-order valence-electron chi connectivity index (χ1n) is 11.6. The molecule has 0 spiro atoms. The number of aromatic nitrogens is 2. The van der Waals surface area contributed by atoms with Crippen LogP contribution in [-0.2, 0) is 11.2 Å². The Morgan fingerprint density at radius 2 is 1.69 bits per heavy atom. The summed E-state index contributed by atoms with van der Waals surface area (Å²) in [6.07, 6.45) is 4.07. The molecule has 1 saturated heterocycles. The molecule has 3 heterocycles. The van der Waals surface area contributed by atoms with Gasteiger partial charge in [0.1, 0.15) is 15.8 Å². The van der Waals surface area contributed by atoms with Crippen molar-refractivity contribution in [1.82, 2.24) is 14.3 Å². The lowest BCUT2D eigenvalue weighted by atomic mass is 10.1. The summed E-state index contributed by atoms with van der Waals surface area (Å²) in [6.45, 7) is 2.54. The van der Waals surface area contributed by atoms with E-state index in [4.69, 9.17) is 17.2 Å². The molecule has 1 aliphatic rings. The molecule has 1 unspecified atom stereocenters. The van der Waals surface area contributed by atoms with E-state index in [0.29, 0.717) is 32.8 Å². The van der Waals surface area contributed by atoms with Gasteiger partial charge in [-0.1, -0.05) is 90.7 Å². The molecule has 1 amide bonds. The third kappa shape index (κ3) is 4.82. The largest absolute Gasteiger partial charge is 0.369 e. The third-order valence-corrected chi connectivity index (χ3v) is 7.42. The lowest BCUT2D eigenvalue weighted by Gasteiger charge is -2.23. The highest BCUT2D eigenvalue weighted by Crippen LogP contribution is 2.38. The highest BCUT2D eigenvalue weighted by Gasteiger charge is 2.36. The number of amides is 1. The van der Waals surface area contributed by atoms with E-state index >= 15 is 0 Å². The fourth-order valence-electron chi connectivity index (χ4n) is 4.16. The number of carbonyl (C=O) groups is 1. The van der Waals surface area contributed by atoms with Crippen LogP contribution in [0.25, 0.3) is 11.7 Å². The Labute approximate surface area is 218 Å². The number of hydrogen-bond acceptors (Lipinski definition) is 6. The van der Waals surface area contributed by atoms with Gasteiger partial charge in [0, 0.05) is 12.7 Å². The molecule has 2 aromatic carbocycles. The SMILES string of the molecule is CC(c1ccccc1)N1C(=O)/C(=C/c2c(NCCc3ccccc3)nc3ccccn3c2=O)SC1=S. The number of fused-ring (bicyclic) bond motifs is 1. The molecular weight excluding hydrogens is 488 g/mol. The van der Waals surface area contributed by atoms with Gasteiger partial charge in [-0.15, -0.1) is 0 Å². The van der Waals surface area contributed by atoms with Crippen molar-refractivity contribution in [2.24, 2.45) is 0 Å². The molecule has 36 heavy (non-hydrogen) atoms. The van der Waals surface area contributed by atoms with Crippen molar-refractivity contribution in [3.8, 4) is 0 Å². The van der Waals surface area contributed by atoms with Crippen LogP contribution in [0, 0.1) is 0 Å². The summed E-state index contributed by atoms with van der Waals surface area (Å²) in [7, 11) is 0. The van der Waals surface area contributed by atoms with E-state index in [1.54, 1.807) is 29.3 Å². The predicted octanol–water partition coefficient (Wildman–Crippen LogP) is 5.31. The number of hydrogen-bond donors (Lipinski definition) is 1. The average Bonchev–Trinajstić information content (AvgIpc) is 3.19. The van der Waals surface area contributed by atoms with Crippen LogP contribution in [0.2, 0.25) is 0 Å². The van der Waals surface area contributed by atoms with Crippen LogP contribution in [0.4, 0.5) is 5.82 Å². The molecule has 4 aromatic rings. The first-order chi connectivity index (χ1) is 17.5. The average molecular weight is 513 g/mol. The van der Waals surface area contributed by atoms with Crippen molar-refractivity contribution in [2.45, 2.75) is 19.4 Å². The van der Waals surface area contributed by atoms with Crippen LogP contribution in [-0.4, -0.2) is 31.1 Å². The molecule has 5 rings (SSSR count). The molecule has 180 valence electrons. The Balaban J connectivity index is 1.49. The normalized spacial score (nSPS) is 15.6. The maximum Gasteiger partial charge on any atom is 0.267 e. The molecule has 2 aromatic heterocycles. The van der Waals surface area contributed by atoms with Gasteiger partial charge >= 0.3 is 0 Å². The molecule has 6 nitrogen and oxygen atoms in total. The van der Waals surface area contributed by atoms with Gasteiger partial charge in [0.15, 0.2) is 0 Å². The van der Waals surface area contributed by atoms with Crippen molar-refractivity contribution in [1.29, 1.82) is 0 Å². The monoisotopic (exact) mass is 512 g/mol. The minimum atomic E-state index is -0.246. The predicted molar refractivity (Wildman–Crippen MR) is 150 cm³/mol. The second-order valence-electron chi connectivity index (χ2n) is 8.41. The highest BCUT2D eigenvalue weighted by atomic mass is 32.2. The van der Waals surface area contributed by atoms with Gasteiger partial charge in [0.25, 0.3) is 11.5 Å². The Kier molecular flexibility index (Phi) is 6.97. The van der Waals surface area contributed by atoms with E-state index in [2.05, 4.69) is 17.4 Å². The van der Waals surface area contributed by atoms with Crippen molar-refractivity contribution in [3.63, 3.8) is 0 Å². The molecule has 0 bridgehead atoms. The fraction of sp³-hybridized carbons (Fsp3) is 0.143. The van der Waals surface area contributed by atoms with Gasteiger partial charge in [-0.05, 0) is 42.7 Å². The minimum absolute atomic E-state index is 0.214. The van der Waals surface area contributed by atoms with Gasteiger partial charge in [0.2, 0.25) is 0 Å². The number of nitrogens with zero attached hydrogens (tertiary/aromatic N) is 3. The van der Waals surface area contributed by atoms with E-state index in [0.717, 1.165) is 12.0 Å². The van der Waals surface area contributed by atoms with Crippen molar-refractivity contribution in [2.75, 3.05) is 11.9 Å². The molecule has 1 N–H and O–H groups in total. The van der Waals surface area contributed by atoms with Crippen molar-refractivity contribution in [3.05, 3.63) is 117 Å². The molecule has 0 aliphatic carbocycles.